The summed E-state index contributed by atoms with van der Waals surface area (Å²) in [6, 6.07) is 8.05. The van der Waals surface area contributed by atoms with E-state index in [2.05, 4.69) is 0 Å². The maximum absolute atomic E-state index is 13.0. The monoisotopic (exact) mass is 331 g/mol. The van der Waals surface area contributed by atoms with Crippen molar-refractivity contribution in [2.24, 2.45) is 5.73 Å². The zero-order chi connectivity index (χ0) is 17.1. The zero-order valence-corrected chi connectivity index (χ0v) is 13.5. The molecule has 0 radical (unpaired) electrons. The Hall–Kier alpha value is -1.96. The van der Waals surface area contributed by atoms with Gasteiger partial charge in [-0.2, -0.15) is 0 Å². The summed E-state index contributed by atoms with van der Waals surface area (Å²) in [5.41, 5.74) is 5.22. The molecule has 0 aromatic heterocycles. The summed E-state index contributed by atoms with van der Waals surface area (Å²) < 4.78 is 5.60. The van der Waals surface area contributed by atoms with E-state index in [4.69, 9.17) is 10.5 Å². The number of rotatable bonds is 2. The first-order valence-corrected chi connectivity index (χ1v) is 8.24. The van der Waals surface area contributed by atoms with Gasteiger partial charge in [0.05, 0.1) is 0 Å². The summed E-state index contributed by atoms with van der Waals surface area (Å²) in [7, 11) is 0. The minimum atomic E-state index is -1.86. The summed E-state index contributed by atoms with van der Waals surface area (Å²) in [6.45, 7) is 1.98. The highest BCUT2D eigenvalue weighted by Crippen LogP contribution is 2.44. The number of carbonyl (C=O) groups is 2. The van der Waals surface area contributed by atoms with E-state index < -0.39 is 29.6 Å². The van der Waals surface area contributed by atoms with Gasteiger partial charge in [0.1, 0.15) is 12.1 Å². The summed E-state index contributed by atoms with van der Waals surface area (Å²) in [5, 5.41) is 11.2. The first-order valence-electron chi connectivity index (χ1n) is 8.24. The molecule has 3 fully saturated rings. The molecule has 24 heavy (non-hydrogen) atoms. The van der Waals surface area contributed by atoms with Crippen LogP contribution in [0.5, 0.6) is 0 Å². The lowest BCUT2D eigenvalue weighted by Crippen LogP contribution is -2.71. The molecule has 4 atom stereocenters. The average Bonchev–Trinajstić information content (AvgIpc) is 3.09. The molecule has 0 aliphatic carbocycles. The summed E-state index contributed by atoms with van der Waals surface area (Å²) >= 11 is 0. The van der Waals surface area contributed by atoms with Crippen LogP contribution in [0.4, 0.5) is 0 Å². The van der Waals surface area contributed by atoms with Gasteiger partial charge < -0.3 is 14.7 Å². The van der Waals surface area contributed by atoms with Crippen LogP contribution < -0.4 is 5.73 Å². The van der Waals surface area contributed by atoms with E-state index in [1.807, 2.05) is 30.3 Å². The second-order valence-electron chi connectivity index (χ2n) is 6.94. The van der Waals surface area contributed by atoms with Crippen LogP contribution in [-0.4, -0.2) is 57.0 Å². The molecular formula is C17H21N3O4. The van der Waals surface area contributed by atoms with Crippen LogP contribution >= 0.6 is 0 Å². The highest BCUT2D eigenvalue weighted by molar-refractivity contribution is 5.94. The lowest BCUT2D eigenvalue weighted by Gasteiger charge is -2.48. The third-order valence-electron chi connectivity index (χ3n) is 5.19. The Morgan fingerprint density at radius 1 is 1.33 bits per heavy atom. The molecule has 1 aromatic rings. The van der Waals surface area contributed by atoms with Gasteiger partial charge in [-0.25, -0.2) is 0 Å². The Labute approximate surface area is 140 Å². The fourth-order valence-electron chi connectivity index (χ4n) is 4.12. The lowest BCUT2D eigenvalue weighted by atomic mass is 9.96. The maximum Gasteiger partial charge on any atom is 0.275 e. The predicted molar refractivity (Wildman–Crippen MR) is 84.1 cm³/mol. The molecule has 0 bridgehead atoms. The normalized spacial score (nSPS) is 38.5. The first kappa shape index (κ1) is 15.6. The molecule has 7 heteroatoms. The molecule has 4 unspecified atom stereocenters. The van der Waals surface area contributed by atoms with Crippen molar-refractivity contribution < 1.29 is 19.4 Å². The number of fused-ring (bicyclic) bond motifs is 3. The second-order valence-corrected chi connectivity index (χ2v) is 6.94. The lowest BCUT2D eigenvalue weighted by molar-refractivity contribution is -0.312. The molecule has 3 N–H and O–H groups in total. The van der Waals surface area contributed by atoms with Gasteiger partial charge in [0.15, 0.2) is 5.72 Å². The van der Waals surface area contributed by atoms with Crippen LogP contribution in [0.3, 0.4) is 0 Å². The van der Waals surface area contributed by atoms with Crippen LogP contribution in [0.15, 0.2) is 30.3 Å². The quantitative estimate of drug-likeness (QED) is 0.781. The smallest absolute Gasteiger partial charge is 0.275 e. The van der Waals surface area contributed by atoms with Crippen LogP contribution in [0.1, 0.15) is 25.3 Å². The number of benzene rings is 1. The summed E-state index contributed by atoms with van der Waals surface area (Å²) in [4.78, 5) is 28.5. The van der Waals surface area contributed by atoms with Gasteiger partial charge in [-0.3, -0.25) is 20.2 Å². The van der Waals surface area contributed by atoms with Crippen molar-refractivity contribution in [1.82, 2.24) is 9.80 Å². The number of nitrogens with zero attached hydrogens (tertiary/aromatic N) is 2. The molecule has 1 aromatic carbocycles. The Morgan fingerprint density at radius 2 is 2.04 bits per heavy atom. The molecule has 7 nitrogen and oxygen atoms in total. The fourth-order valence-corrected chi connectivity index (χ4v) is 4.12. The van der Waals surface area contributed by atoms with Crippen molar-refractivity contribution in [1.29, 1.82) is 0 Å². The van der Waals surface area contributed by atoms with Crippen LogP contribution in [0, 0.1) is 0 Å². The van der Waals surface area contributed by atoms with Crippen LogP contribution in [-0.2, 0) is 20.7 Å². The molecule has 3 aliphatic heterocycles. The molecule has 3 heterocycles. The van der Waals surface area contributed by atoms with Gasteiger partial charge in [0.25, 0.3) is 11.8 Å². The van der Waals surface area contributed by atoms with Crippen molar-refractivity contribution in [2.45, 2.75) is 49.9 Å². The molecule has 2 amide bonds. The van der Waals surface area contributed by atoms with Crippen molar-refractivity contribution in [3.8, 4) is 0 Å². The van der Waals surface area contributed by atoms with Gasteiger partial charge in [-0.1, -0.05) is 30.3 Å². The number of hydrogen-bond acceptors (Lipinski definition) is 5. The molecule has 128 valence electrons. The van der Waals surface area contributed by atoms with Crippen molar-refractivity contribution in [3.05, 3.63) is 35.9 Å². The highest BCUT2D eigenvalue weighted by atomic mass is 16.7. The van der Waals surface area contributed by atoms with E-state index in [0.29, 0.717) is 19.4 Å². The van der Waals surface area contributed by atoms with E-state index >= 15 is 0 Å². The molecule has 3 saturated heterocycles. The highest BCUT2D eigenvalue weighted by Gasteiger charge is 2.68. The number of hydrogen-bond donors (Lipinski definition) is 2. The maximum atomic E-state index is 13.0. The predicted octanol–water partition coefficient (Wildman–Crippen LogP) is -0.218. The van der Waals surface area contributed by atoms with Gasteiger partial charge in [-0.15, -0.1) is 0 Å². The number of nitrogens with two attached hydrogens (primary N) is 1. The Morgan fingerprint density at radius 3 is 2.75 bits per heavy atom. The minimum absolute atomic E-state index is 0.152. The van der Waals surface area contributed by atoms with Gasteiger partial charge in [-0.05, 0) is 25.3 Å². The molecule has 3 aliphatic rings. The van der Waals surface area contributed by atoms with E-state index in [1.165, 1.54) is 11.8 Å². The summed E-state index contributed by atoms with van der Waals surface area (Å²) in [6.07, 6.45) is 1.67. The largest absolute Gasteiger partial charge is 0.347 e. The van der Waals surface area contributed by atoms with Crippen molar-refractivity contribution in [3.63, 3.8) is 0 Å². The van der Waals surface area contributed by atoms with Crippen molar-refractivity contribution in [2.75, 3.05) is 6.54 Å². The topological polar surface area (TPSA) is 96.1 Å². The third-order valence-corrected chi connectivity index (χ3v) is 5.19. The average molecular weight is 331 g/mol. The molecule has 0 saturated carbocycles. The van der Waals surface area contributed by atoms with E-state index in [9.17, 15) is 14.7 Å². The van der Waals surface area contributed by atoms with E-state index in [-0.39, 0.29) is 5.91 Å². The van der Waals surface area contributed by atoms with Crippen LogP contribution in [0.2, 0.25) is 0 Å². The Balaban J connectivity index is 1.77. The zero-order valence-electron chi connectivity index (χ0n) is 13.5. The molecule has 4 rings (SSSR count). The Bertz CT molecular complexity index is 692. The third kappa shape index (κ3) is 2.02. The minimum Gasteiger partial charge on any atom is -0.347 e. The number of aliphatic hydroxyl groups is 1. The fraction of sp³-hybridized carbons (Fsp3) is 0.529. The van der Waals surface area contributed by atoms with E-state index in [0.717, 1.165) is 12.0 Å². The SMILES string of the molecule is CC1(N)OC2(O)C3CCCN3C(=O)C(Cc3ccccc3)N2C1=O. The standard InChI is InChI=1S/C17H21N3O4/c1-16(18)15(22)20-12(10-11-6-3-2-4-7-11)14(21)19-9-5-8-13(19)17(20,23)24-16/h2-4,6-7,12-13,23H,5,8-10,18H2,1H3. The number of piperazine rings is 1. The number of ether oxygens (including phenoxy) is 1. The summed E-state index contributed by atoms with van der Waals surface area (Å²) in [5.74, 6) is -2.56. The first-order chi connectivity index (χ1) is 11.3. The second kappa shape index (κ2) is 5.02. The van der Waals surface area contributed by atoms with Gasteiger partial charge in [0, 0.05) is 13.0 Å². The van der Waals surface area contributed by atoms with E-state index in [1.54, 1.807) is 4.90 Å². The molecule has 0 spiro atoms. The van der Waals surface area contributed by atoms with Crippen molar-refractivity contribution >= 4 is 11.8 Å². The Kier molecular flexibility index (Phi) is 3.25. The number of amides is 2. The number of carbonyl (C=O) groups excluding carboxylic acids is 2. The van der Waals surface area contributed by atoms with Gasteiger partial charge >= 0.3 is 0 Å². The van der Waals surface area contributed by atoms with Crippen LogP contribution in [0.25, 0.3) is 0 Å². The van der Waals surface area contributed by atoms with Gasteiger partial charge in [0.2, 0.25) is 5.91 Å². The molecular weight excluding hydrogens is 310 g/mol.